The van der Waals surface area contributed by atoms with Crippen molar-refractivity contribution in [3.8, 4) is 0 Å². The second-order valence-corrected chi connectivity index (χ2v) is 4.87. The number of carbonyl (C=O) groups excluding carboxylic acids is 1. The second kappa shape index (κ2) is 4.17. The van der Waals surface area contributed by atoms with Crippen LogP contribution >= 0.6 is 0 Å². The minimum absolute atomic E-state index is 0.0342. The quantitative estimate of drug-likeness (QED) is 0.557. The first-order valence-electron chi connectivity index (χ1n) is 5.68. The molecule has 1 N–H and O–H groups in total. The molecule has 0 spiro atoms. The van der Waals surface area contributed by atoms with E-state index in [0.29, 0.717) is 24.2 Å². The normalized spacial score (nSPS) is 30.5. The summed E-state index contributed by atoms with van der Waals surface area (Å²) in [7, 11) is 0. The second-order valence-electron chi connectivity index (χ2n) is 4.87. The van der Waals surface area contributed by atoms with Gasteiger partial charge in [0.25, 0.3) is 0 Å². The molecule has 1 saturated carbocycles. The average Bonchev–Trinajstić information content (AvgIpc) is 2.46. The largest absolute Gasteiger partial charge is 0.273 e. The van der Waals surface area contributed by atoms with Gasteiger partial charge in [-0.1, -0.05) is 26.0 Å². The number of nitrogens with zero attached hydrogens (tertiary/aromatic N) is 1. The van der Waals surface area contributed by atoms with E-state index in [-0.39, 0.29) is 5.91 Å². The minimum Gasteiger partial charge on any atom is -0.273 e. The zero-order valence-corrected chi connectivity index (χ0v) is 9.36. The van der Waals surface area contributed by atoms with Gasteiger partial charge in [0.1, 0.15) is 0 Å². The fourth-order valence-electron chi connectivity index (χ4n) is 2.21. The summed E-state index contributed by atoms with van der Waals surface area (Å²) in [5.74, 6) is 1.72. The predicted molar refractivity (Wildman–Crippen MR) is 60.4 cm³/mol. The zero-order valence-electron chi connectivity index (χ0n) is 9.36. The molecule has 3 nitrogen and oxygen atoms in total. The number of nitrogens with one attached hydrogen (secondary N) is 1. The van der Waals surface area contributed by atoms with Gasteiger partial charge in [0.15, 0.2) is 0 Å². The van der Waals surface area contributed by atoms with Gasteiger partial charge in [-0.05, 0) is 24.7 Å². The van der Waals surface area contributed by atoms with Crippen LogP contribution in [0.2, 0.25) is 0 Å². The van der Waals surface area contributed by atoms with E-state index in [0.717, 1.165) is 12.8 Å². The van der Waals surface area contributed by atoms with E-state index in [2.05, 4.69) is 22.7 Å². The Morgan fingerprint density at radius 3 is 3.13 bits per heavy atom. The summed E-state index contributed by atoms with van der Waals surface area (Å²) >= 11 is 0. The molecule has 0 saturated heterocycles. The summed E-state index contributed by atoms with van der Waals surface area (Å²) in [5, 5.41) is 4.20. The third-order valence-corrected chi connectivity index (χ3v) is 3.08. The van der Waals surface area contributed by atoms with E-state index in [1.165, 1.54) is 5.71 Å². The summed E-state index contributed by atoms with van der Waals surface area (Å²) < 4.78 is 0. The smallest absolute Gasteiger partial charge is 0.240 e. The van der Waals surface area contributed by atoms with Crippen LogP contribution in [0.4, 0.5) is 0 Å². The van der Waals surface area contributed by atoms with Crippen molar-refractivity contribution < 1.29 is 4.79 Å². The first-order chi connectivity index (χ1) is 7.16. The minimum atomic E-state index is 0.0342. The van der Waals surface area contributed by atoms with Gasteiger partial charge in [-0.3, -0.25) is 4.79 Å². The van der Waals surface area contributed by atoms with Crippen LogP contribution in [0.5, 0.6) is 0 Å². The Hall–Kier alpha value is -1.12. The van der Waals surface area contributed by atoms with Crippen LogP contribution in [0.1, 0.15) is 33.1 Å². The van der Waals surface area contributed by atoms with Gasteiger partial charge in [0.05, 0.1) is 0 Å². The van der Waals surface area contributed by atoms with Gasteiger partial charge in [-0.25, -0.2) is 5.43 Å². The number of allylic oxidation sites excluding steroid dienone is 2. The van der Waals surface area contributed by atoms with Gasteiger partial charge in [-0.15, -0.1) is 0 Å². The molecule has 2 aliphatic rings. The van der Waals surface area contributed by atoms with E-state index in [1.807, 2.05) is 13.8 Å². The van der Waals surface area contributed by atoms with E-state index in [9.17, 15) is 4.79 Å². The lowest BCUT2D eigenvalue weighted by Gasteiger charge is -2.31. The molecule has 0 aliphatic heterocycles. The van der Waals surface area contributed by atoms with E-state index in [1.54, 1.807) is 0 Å². The molecule has 0 aromatic heterocycles. The van der Waals surface area contributed by atoms with Crippen LogP contribution < -0.4 is 5.43 Å². The molecule has 2 atom stereocenters. The van der Waals surface area contributed by atoms with Gasteiger partial charge >= 0.3 is 0 Å². The Morgan fingerprint density at radius 2 is 2.47 bits per heavy atom. The Bertz CT molecular complexity index is 318. The fraction of sp³-hybridized carbons (Fsp3) is 0.667. The maximum absolute atomic E-state index is 11.4. The number of fused-ring (bicyclic) bond motifs is 1. The molecule has 2 aliphatic carbocycles. The molecule has 82 valence electrons. The lowest BCUT2D eigenvalue weighted by molar-refractivity contribution is -0.121. The summed E-state index contributed by atoms with van der Waals surface area (Å²) in [6, 6.07) is 0. The summed E-state index contributed by atoms with van der Waals surface area (Å²) in [6.45, 7) is 4.07. The standard InChI is InChI=1S/C12H18N2O/c1-8(2)6-12(15)14-13-11-7-9-4-3-5-10(9)11/h3-4,8-10H,5-7H2,1-2H3,(H,14,15)/b13-11-. The molecule has 0 aromatic carbocycles. The molecule has 0 heterocycles. The number of amides is 1. The Kier molecular flexibility index (Phi) is 2.89. The third kappa shape index (κ3) is 2.28. The van der Waals surface area contributed by atoms with Gasteiger partial charge in [-0.2, -0.15) is 5.10 Å². The van der Waals surface area contributed by atoms with Crippen molar-refractivity contribution in [2.45, 2.75) is 33.1 Å². The summed E-state index contributed by atoms with van der Waals surface area (Å²) in [5.41, 5.74) is 3.82. The highest BCUT2D eigenvalue weighted by Gasteiger charge is 2.37. The van der Waals surface area contributed by atoms with E-state index < -0.39 is 0 Å². The molecular formula is C12H18N2O. The number of rotatable bonds is 3. The first kappa shape index (κ1) is 10.4. The maximum atomic E-state index is 11.4. The molecule has 0 radical (unpaired) electrons. The number of hydrogen-bond acceptors (Lipinski definition) is 2. The van der Waals surface area contributed by atoms with Crippen molar-refractivity contribution in [1.82, 2.24) is 5.43 Å². The van der Waals surface area contributed by atoms with Crippen molar-refractivity contribution in [2.75, 3.05) is 0 Å². The van der Waals surface area contributed by atoms with E-state index in [4.69, 9.17) is 0 Å². The SMILES string of the molecule is CC(C)CC(=O)N/N=C1/CC2C=CCC12. The molecular weight excluding hydrogens is 188 g/mol. The van der Waals surface area contributed by atoms with Crippen LogP contribution in [0.25, 0.3) is 0 Å². The summed E-state index contributed by atoms with van der Waals surface area (Å²) in [6.07, 6.45) is 7.17. The number of carbonyl (C=O) groups is 1. The topological polar surface area (TPSA) is 41.5 Å². The van der Waals surface area contributed by atoms with Crippen LogP contribution in [0.3, 0.4) is 0 Å². The molecule has 2 unspecified atom stereocenters. The van der Waals surface area contributed by atoms with Crippen molar-refractivity contribution in [1.29, 1.82) is 0 Å². The van der Waals surface area contributed by atoms with Crippen LogP contribution in [-0.2, 0) is 4.79 Å². The van der Waals surface area contributed by atoms with Gasteiger partial charge in [0.2, 0.25) is 5.91 Å². The van der Waals surface area contributed by atoms with Crippen molar-refractivity contribution in [3.63, 3.8) is 0 Å². The van der Waals surface area contributed by atoms with Crippen molar-refractivity contribution in [2.24, 2.45) is 22.9 Å². The van der Waals surface area contributed by atoms with Crippen molar-refractivity contribution >= 4 is 11.6 Å². The Balaban J connectivity index is 1.78. The van der Waals surface area contributed by atoms with E-state index >= 15 is 0 Å². The monoisotopic (exact) mass is 206 g/mol. The lowest BCUT2D eigenvalue weighted by atomic mass is 9.74. The number of hydrogen-bond donors (Lipinski definition) is 1. The average molecular weight is 206 g/mol. The van der Waals surface area contributed by atoms with Crippen molar-refractivity contribution in [3.05, 3.63) is 12.2 Å². The molecule has 1 fully saturated rings. The van der Waals surface area contributed by atoms with Gasteiger partial charge < -0.3 is 0 Å². The Labute approximate surface area is 90.6 Å². The molecule has 0 aromatic rings. The molecule has 0 bridgehead atoms. The molecule has 1 amide bonds. The number of hydrazone groups is 1. The summed E-state index contributed by atoms with van der Waals surface area (Å²) in [4.78, 5) is 11.4. The fourth-order valence-corrected chi connectivity index (χ4v) is 2.21. The highest BCUT2D eigenvalue weighted by Crippen LogP contribution is 2.39. The molecule has 2 rings (SSSR count). The molecule has 3 heteroatoms. The lowest BCUT2D eigenvalue weighted by Crippen LogP contribution is -2.35. The third-order valence-electron chi connectivity index (χ3n) is 3.08. The molecule has 15 heavy (non-hydrogen) atoms. The predicted octanol–water partition coefficient (Wildman–Crippen LogP) is 2.10. The first-order valence-corrected chi connectivity index (χ1v) is 5.68. The highest BCUT2D eigenvalue weighted by atomic mass is 16.2. The van der Waals surface area contributed by atoms with Gasteiger partial charge in [0, 0.05) is 18.1 Å². The van der Waals surface area contributed by atoms with Crippen LogP contribution in [0, 0.1) is 17.8 Å². The highest BCUT2D eigenvalue weighted by molar-refractivity contribution is 5.94. The Morgan fingerprint density at radius 1 is 1.67 bits per heavy atom. The van der Waals surface area contributed by atoms with Crippen LogP contribution in [0.15, 0.2) is 17.3 Å². The maximum Gasteiger partial charge on any atom is 0.240 e. The zero-order chi connectivity index (χ0) is 10.8. The van der Waals surface area contributed by atoms with Crippen LogP contribution in [-0.4, -0.2) is 11.6 Å².